The van der Waals surface area contributed by atoms with Crippen LogP contribution in [0.3, 0.4) is 0 Å². The Morgan fingerprint density at radius 3 is 2.63 bits per heavy atom. The molecule has 30 heavy (non-hydrogen) atoms. The molecule has 1 aromatic heterocycles. The topological polar surface area (TPSA) is 94.3 Å². The van der Waals surface area contributed by atoms with Crippen LogP contribution in [-0.2, 0) is 22.3 Å². The molecule has 164 valence electrons. The molecule has 0 atom stereocenters. The van der Waals surface area contributed by atoms with E-state index in [0.717, 1.165) is 23.8 Å². The van der Waals surface area contributed by atoms with Crippen LogP contribution in [0.25, 0.3) is 0 Å². The lowest BCUT2D eigenvalue weighted by Crippen LogP contribution is -2.53. The normalized spacial score (nSPS) is 16.0. The molecule has 1 aromatic carbocycles. The second-order valence-corrected chi connectivity index (χ2v) is 9.34. The Bertz CT molecular complexity index is 935. The van der Waals surface area contributed by atoms with E-state index in [0.29, 0.717) is 38.4 Å². The van der Waals surface area contributed by atoms with Crippen molar-refractivity contribution < 1.29 is 12.9 Å². The molecule has 0 bridgehead atoms. The molecule has 1 aliphatic rings. The molecule has 3 rings (SSSR count). The van der Waals surface area contributed by atoms with Crippen molar-refractivity contribution in [2.24, 2.45) is 4.99 Å². The molecule has 2 heterocycles. The van der Waals surface area contributed by atoms with Gasteiger partial charge in [-0.25, -0.2) is 13.4 Å². The van der Waals surface area contributed by atoms with Gasteiger partial charge in [-0.05, 0) is 24.6 Å². The Morgan fingerprint density at radius 2 is 2.00 bits per heavy atom. The smallest absolute Gasteiger partial charge is 0.220 e. The van der Waals surface area contributed by atoms with E-state index in [1.807, 2.05) is 27.1 Å². The third kappa shape index (κ3) is 5.73. The molecule has 9 nitrogen and oxygen atoms in total. The highest BCUT2D eigenvalue weighted by Gasteiger charge is 2.29. The monoisotopic (exact) mass is 434 g/mol. The molecule has 1 aliphatic heterocycles. The number of hydrogen-bond acceptors (Lipinski definition) is 6. The number of anilines is 1. The van der Waals surface area contributed by atoms with Gasteiger partial charge >= 0.3 is 0 Å². The van der Waals surface area contributed by atoms with Gasteiger partial charge in [-0.1, -0.05) is 17.3 Å². The molecule has 0 saturated carbocycles. The maximum absolute atomic E-state index is 12.6. The lowest BCUT2D eigenvalue weighted by molar-refractivity contribution is 0.259. The van der Waals surface area contributed by atoms with Crippen LogP contribution in [0.1, 0.15) is 18.2 Å². The van der Waals surface area contributed by atoms with Gasteiger partial charge in [-0.3, -0.25) is 0 Å². The summed E-state index contributed by atoms with van der Waals surface area (Å²) in [7, 11) is 0.616. The first-order chi connectivity index (χ1) is 14.4. The fraction of sp³-hybridized carbons (Fsp3) is 0.500. The average molecular weight is 435 g/mol. The summed E-state index contributed by atoms with van der Waals surface area (Å²) in [6.07, 6.45) is 1.39. The van der Waals surface area contributed by atoms with Gasteiger partial charge in [0.2, 0.25) is 10.0 Å². The number of aromatic nitrogens is 1. The van der Waals surface area contributed by atoms with Crippen molar-refractivity contribution in [3.05, 3.63) is 47.9 Å². The number of rotatable bonds is 7. The van der Waals surface area contributed by atoms with E-state index in [1.165, 1.54) is 10.6 Å². The van der Waals surface area contributed by atoms with Crippen LogP contribution in [0.5, 0.6) is 0 Å². The molecule has 10 heteroatoms. The van der Waals surface area contributed by atoms with Gasteiger partial charge in [0.25, 0.3) is 0 Å². The summed E-state index contributed by atoms with van der Waals surface area (Å²) in [4.78, 5) is 8.96. The summed E-state index contributed by atoms with van der Waals surface area (Å²) >= 11 is 0. The predicted octanol–water partition coefficient (Wildman–Crippen LogP) is 1.35. The summed E-state index contributed by atoms with van der Waals surface area (Å²) in [5.41, 5.74) is 2.69. The van der Waals surface area contributed by atoms with E-state index >= 15 is 0 Å². The number of nitrogens with zero attached hydrogens (tertiary/aromatic N) is 5. The molecular weight excluding hydrogens is 404 g/mol. The zero-order chi connectivity index (χ0) is 21.6. The molecule has 0 aliphatic carbocycles. The van der Waals surface area contributed by atoms with Crippen molar-refractivity contribution >= 4 is 21.7 Å². The van der Waals surface area contributed by atoms with Gasteiger partial charge in [0.05, 0.1) is 12.2 Å². The minimum atomic E-state index is -3.42. The Labute approximate surface area is 178 Å². The van der Waals surface area contributed by atoms with E-state index in [-0.39, 0.29) is 5.75 Å². The Hall–Kier alpha value is -2.59. The highest BCUT2D eigenvalue weighted by Crippen LogP contribution is 2.15. The van der Waals surface area contributed by atoms with E-state index in [9.17, 15) is 8.42 Å². The second-order valence-electron chi connectivity index (χ2n) is 7.37. The highest BCUT2D eigenvalue weighted by atomic mass is 32.2. The maximum Gasteiger partial charge on any atom is 0.220 e. The first kappa shape index (κ1) is 22.1. The van der Waals surface area contributed by atoms with Crippen LogP contribution in [0.2, 0.25) is 0 Å². The van der Waals surface area contributed by atoms with E-state index in [1.54, 1.807) is 6.07 Å². The van der Waals surface area contributed by atoms with Crippen molar-refractivity contribution in [3.63, 3.8) is 0 Å². The lowest BCUT2D eigenvalue weighted by Gasteiger charge is -2.35. The van der Waals surface area contributed by atoms with Gasteiger partial charge in [-0.15, -0.1) is 0 Å². The van der Waals surface area contributed by atoms with Gasteiger partial charge < -0.3 is 19.6 Å². The number of guanidine groups is 1. The van der Waals surface area contributed by atoms with Crippen LogP contribution >= 0.6 is 0 Å². The lowest BCUT2D eigenvalue weighted by atomic mass is 10.2. The number of aliphatic imine (C=N–C) groups is 1. The molecule has 0 amide bonds. The number of hydrogen-bond donors (Lipinski definition) is 1. The number of sulfonamides is 1. The molecule has 1 saturated heterocycles. The van der Waals surface area contributed by atoms with Crippen LogP contribution < -0.4 is 10.2 Å². The van der Waals surface area contributed by atoms with E-state index in [2.05, 4.69) is 38.5 Å². The third-order valence-corrected chi connectivity index (χ3v) is 6.74. The summed E-state index contributed by atoms with van der Waals surface area (Å²) in [6.45, 7) is 5.35. The molecule has 0 radical (unpaired) electrons. The Morgan fingerprint density at radius 1 is 1.23 bits per heavy atom. The zero-order valence-electron chi connectivity index (χ0n) is 17.8. The molecule has 1 N–H and O–H groups in total. The second kappa shape index (κ2) is 9.94. The van der Waals surface area contributed by atoms with Crippen LogP contribution in [-0.4, -0.2) is 75.6 Å². The van der Waals surface area contributed by atoms with Crippen molar-refractivity contribution in [1.29, 1.82) is 0 Å². The zero-order valence-corrected chi connectivity index (χ0v) is 18.6. The van der Waals surface area contributed by atoms with Crippen molar-refractivity contribution in [1.82, 2.24) is 19.7 Å². The number of nitrogens with one attached hydrogen (secondary N) is 1. The van der Waals surface area contributed by atoms with Gasteiger partial charge in [0.15, 0.2) is 5.96 Å². The van der Waals surface area contributed by atoms with Crippen molar-refractivity contribution in [2.75, 3.05) is 51.7 Å². The average Bonchev–Trinajstić information content (AvgIpc) is 3.24. The Balaban J connectivity index is 1.62. The summed E-state index contributed by atoms with van der Waals surface area (Å²) in [6, 6.07) is 9.87. The summed E-state index contributed by atoms with van der Waals surface area (Å²) < 4.78 is 31.5. The van der Waals surface area contributed by atoms with Crippen LogP contribution in [0, 0.1) is 0 Å². The number of piperazine rings is 1. The molecule has 0 unspecified atom stereocenters. The highest BCUT2D eigenvalue weighted by molar-refractivity contribution is 7.88. The van der Waals surface area contributed by atoms with Crippen LogP contribution in [0.4, 0.5) is 5.69 Å². The third-order valence-electron chi connectivity index (χ3n) is 4.93. The maximum atomic E-state index is 12.6. The van der Waals surface area contributed by atoms with Crippen molar-refractivity contribution in [3.8, 4) is 0 Å². The number of benzene rings is 1. The molecular formula is C20H30N6O3S. The van der Waals surface area contributed by atoms with E-state index in [4.69, 9.17) is 9.52 Å². The first-order valence-electron chi connectivity index (χ1n) is 10.1. The Kier molecular flexibility index (Phi) is 7.33. The quantitative estimate of drug-likeness (QED) is 0.519. The fourth-order valence-electron chi connectivity index (χ4n) is 3.29. The molecule has 0 spiro atoms. The fourth-order valence-corrected chi connectivity index (χ4v) is 4.72. The summed E-state index contributed by atoms with van der Waals surface area (Å²) in [5, 5.41) is 7.04. The minimum absolute atomic E-state index is 0.139. The summed E-state index contributed by atoms with van der Waals surface area (Å²) in [5.74, 6) is 0.668. The van der Waals surface area contributed by atoms with Crippen molar-refractivity contribution in [2.45, 2.75) is 19.2 Å². The van der Waals surface area contributed by atoms with Gasteiger partial charge in [0, 0.05) is 58.6 Å². The molecule has 2 aromatic rings. The minimum Gasteiger partial charge on any atom is -0.378 e. The SMILES string of the molecule is CCNC(=NCc1cccc(N(C)C)c1)N1CCN(S(=O)(=O)Cc2ccon2)CC1. The largest absolute Gasteiger partial charge is 0.378 e. The van der Waals surface area contributed by atoms with E-state index < -0.39 is 10.0 Å². The van der Waals surface area contributed by atoms with Crippen LogP contribution in [0.15, 0.2) is 46.1 Å². The molecule has 1 fully saturated rings. The standard InChI is InChI=1S/C20H30N6O3S/c1-4-21-20(22-15-17-6-5-7-19(14-17)24(2)3)25-9-11-26(12-10-25)30(27,28)16-18-8-13-29-23-18/h5-8,13-14H,4,9-12,15-16H2,1-3H3,(H,21,22). The predicted molar refractivity (Wildman–Crippen MR) is 118 cm³/mol. The first-order valence-corrected chi connectivity index (χ1v) is 11.7. The van der Waals surface area contributed by atoms with Gasteiger partial charge in [-0.2, -0.15) is 4.31 Å². The van der Waals surface area contributed by atoms with Gasteiger partial charge in [0.1, 0.15) is 12.0 Å².